The summed E-state index contributed by atoms with van der Waals surface area (Å²) in [7, 11) is 0. The second kappa shape index (κ2) is 4.96. The van der Waals surface area contributed by atoms with Gasteiger partial charge in [0, 0.05) is 11.3 Å². The van der Waals surface area contributed by atoms with Crippen molar-refractivity contribution >= 4 is 34.7 Å². The van der Waals surface area contributed by atoms with Crippen molar-refractivity contribution in [3.63, 3.8) is 0 Å². The van der Waals surface area contributed by atoms with Crippen LogP contribution in [0.3, 0.4) is 0 Å². The Morgan fingerprint density at radius 1 is 1.11 bits per heavy atom. The molecule has 0 unspecified atom stereocenters. The van der Waals surface area contributed by atoms with Crippen LogP contribution >= 0.6 is 23.2 Å². The van der Waals surface area contributed by atoms with Gasteiger partial charge < -0.3 is 5.73 Å². The quantitative estimate of drug-likeness (QED) is 0.670. The fraction of sp³-hybridized carbons (Fsp3) is 0. The molecule has 0 aliphatic heterocycles. The Hall–Kier alpha value is -1.58. The maximum absolute atomic E-state index is 13.6. The number of ketones is 1. The molecule has 2 nitrogen and oxygen atoms in total. The minimum atomic E-state index is -0.680. The summed E-state index contributed by atoms with van der Waals surface area (Å²) < 4.78 is 13.6. The van der Waals surface area contributed by atoms with Crippen molar-refractivity contribution in [2.45, 2.75) is 0 Å². The standard InChI is InChI=1S/C13H8Cl2FNO/c14-9-2-1-3-11(16)12(9)13(18)8-5-4-7(17)6-10(8)15/h1-6H,17H2. The zero-order valence-corrected chi connectivity index (χ0v) is 10.6. The Morgan fingerprint density at radius 3 is 2.44 bits per heavy atom. The molecule has 2 rings (SSSR count). The van der Waals surface area contributed by atoms with Gasteiger partial charge in [0.15, 0.2) is 5.78 Å². The highest BCUT2D eigenvalue weighted by Gasteiger charge is 2.19. The third kappa shape index (κ3) is 2.33. The highest BCUT2D eigenvalue weighted by molar-refractivity contribution is 6.38. The lowest BCUT2D eigenvalue weighted by Gasteiger charge is -2.07. The van der Waals surface area contributed by atoms with Gasteiger partial charge in [0.05, 0.1) is 15.6 Å². The second-order valence-corrected chi connectivity index (χ2v) is 4.48. The van der Waals surface area contributed by atoms with Crippen LogP contribution in [0.2, 0.25) is 10.0 Å². The number of hydrogen-bond donors (Lipinski definition) is 1. The zero-order valence-electron chi connectivity index (χ0n) is 9.08. The summed E-state index contributed by atoms with van der Waals surface area (Å²) in [6.45, 7) is 0. The molecule has 2 N–H and O–H groups in total. The average molecular weight is 284 g/mol. The van der Waals surface area contributed by atoms with Crippen LogP contribution in [0.5, 0.6) is 0 Å². The van der Waals surface area contributed by atoms with Crippen LogP contribution in [0.1, 0.15) is 15.9 Å². The first kappa shape index (κ1) is 12.9. The van der Waals surface area contributed by atoms with Crippen LogP contribution < -0.4 is 5.73 Å². The zero-order chi connectivity index (χ0) is 13.3. The minimum absolute atomic E-state index is 0.0490. The van der Waals surface area contributed by atoms with Crippen LogP contribution in [0.15, 0.2) is 36.4 Å². The van der Waals surface area contributed by atoms with Crippen LogP contribution in [0.25, 0.3) is 0 Å². The van der Waals surface area contributed by atoms with E-state index in [9.17, 15) is 9.18 Å². The summed E-state index contributed by atoms with van der Waals surface area (Å²) in [5.74, 6) is -1.25. The lowest BCUT2D eigenvalue weighted by molar-refractivity contribution is 0.103. The van der Waals surface area contributed by atoms with Crippen molar-refractivity contribution < 1.29 is 9.18 Å². The summed E-state index contributed by atoms with van der Waals surface area (Å²) in [6, 6.07) is 8.45. The maximum atomic E-state index is 13.6. The summed E-state index contributed by atoms with van der Waals surface area (Å²) in [5.41, 5.74) is 5.93. The molecule has 0 aliphatic carbocycles. The molecule has 0 bridgehead atoms. The van der Waals surface area contributed by atoms with Gasteiger partial charge in [-0.3, -0.25) is 4.79 Å². The summed E-state index contributed by atoms with van der Waals surface area (Å²) >= 11 is 11.7. The maximum Gasteiger partial charge on any atom is 0.198 e. The number of anilines is 1. The Balaban J connectivity index is 2.55. The van der Waals surface area contributed by atoms with Crippen LogP contribution in [-0.2, 0) is 0 Å². The molecule has 0 saturated carbocycles. The van der Waals surface area contributed by atoms with Gasteiger partial charge in [-0.15, -0.1) is 0 Å². The van der Waals surface area contributed by atoms with Gasteiger partial charge in [0.25, 0.3) is 0 Å². The summed E-state index contributed by atoms with van der Waals surface area (Å²) in [4.78, 5) is 12.2. The number of carbonyl (C=O) groups is 1. The van der Waals surface area contributed by atoms with E-state index in [2.05, 4.69) is 0 Å². The molecular formula is C13H8Cl2FNO. The van der Waals surface area contributed by atoms with Crippen LogP contribution in [0.4, 0.5) is 10.1 Å². The van der Waals surface area contributed by atoms with Gasteiger partial charge in [-0.2, -0.15) is 0 Å². The van der Waals surface area contributed by atoms with Gasteiger partial charge >= 0.3 is 0 Å². The van der Waals surface area contributed by atoms with E-state index in [1.54, 1.807) is 0 Å². The molecular weight excluding hydrogens is 276 g/mol. The highest BCUT2D eigenvalue weighted by Crippen LogP contribution is 2.27. The van der Waals surface area contributed by atoms with Gasteiger partial charge in [-0.05, 0) is 30.3 Å². The molecule has 0 spiro atoms. The monoisotopic (exact) mass is 283 g/mol. The third-order valence-electron chi connectivity index (χ3n) is 2.43. The Labute approximate surface area is 113 Å². The second-order valence-electron chi connectivity index (χ2n) is 3.67. The number of nitrogen functional groups attached to an aromatic ring is 1. The largest absolute Gasteiger partial charge is 0.399 e. The smallest absolute Gasteiger partial charge is 0.198 e. The number of halogens is 3. The number of carbonyl (C=O) groups excluding carboxylic acids is 1. The molecule has 92 valence electrons. The van der Waals surface area contributed by atoms with Gasteiger partial charge in [-0.1, -0.05) is 29.3 Å². The Kier molecular flexibility index (Phi) is 3.55. The molecule has 0 heterocycles. The third-order valence-corrected chi connectivity index (χ3v) is 3.06. The molecule has 0 amide bonds. The Bertz CT molecular complexity index is 608. The molecule has 0 saturated heterocycles. The van der Waals surface area contributed by atoms with Crippen LogP contribution in [-0.4, -0.2) is 5.78 Å². The highest BCUT2D eigenvalue weighted by atomic mass is 35.5. The summed E-state index contributed by atoms with van der Waals surface area (Å²) in [6.07, 6.45) is 0. The molecule has 5 heteroatoms. The van der Waals surface area contributed by atoms with Crippen LogP contribution in [0, 0.1) is 5.82 Å². The van der Waals surface area contributed by atoms with E-state index >= 15 is 0 Å². The minimum Gasteiger partial charge on any atom is -0.399 e. The molecule has 2 aromatic carbocycles. The van der Waals surface area contributed by atoms with Gasteiger partial charge in [0.1, 0.15) is 5.82 Å². The van der Waals surface area contributed by atoms with Gasteiger partial charge in [-0.25, -0.2) is 4.39 Å². The number of rotatable bonds is 2. The van der Waals surface area contributed by atoms with Crippen molar-refractivity contribution in [3.05, 3.63) is 63.4 Å². The van der Waals surface area contributed by atoms with E-state index < -0.39 is 11.6 Å². The number of hydrogen-bond acceptors (Lipinski definition) is 2. The lowest BCUT2D eigenvalue weighted by atomic mass is 10.0. The molecule has 0 atom stereocenters. The predicted molar refractivity (Wildman–Crippen MR) is 70.7 cm³/mol. The van der Waals surface area contributed by atoms with E-state index in [-0.39, 0.29) is 21.2 Å². The van der Waals surface area contributed by atoms with Crippen molar-refractivity contribution in [3.8, 4) is 0 Å². The number of benzene rings is 2. The Morgan fingerprint density at radius 2 is 1.83 bits per heavy atom. The van der Waals surface area contributed by atoms with E-state index in [4.69, 9.17) is 28.9 Å². The molecule has 0 fully saturated rings. The average Bonchev–Trinajstić information content (AvgIpc) is 2.28. The molecule has 2 aromatic rings. The molecule has 0 aliphatic rings. The van der Waals surface area contributed by atoms with E-state index in [1.807, 2.05) is 0 Å². The number of nitrogens with two attached hydrogens (primary N) is 1. The first-order valence-electron chi connectivity index (χ1n) is 5.04. The first-order chi connectivity index (χ1) is 8.50. The van der Waals surface area contributed by atoms with Crippen molar-refractivity contribution in [1.82, 2.24) is 0 Å². The lowest BCUT2D eigenvalue weighted by Crippen LogP contribution is -2.06. The molecule has 0 aromatic heterocycles. The fourth-order valence-electron chi connectivity index (χ4n) is 1.56. The first-order valence-corrected chi connectivity index (χ1v) is 5.80. The topological polar surface area (TPSA) is 43.1 Å². The SMILES string of the molecule is Nc1ccc(C(=O)c2c(F)cccc2Cl)c(Cl)c1. The molecule has 18 heavy (non-hydrogen) atoms. The van der Waals surface area contributed by atoms with E-state index in [0.717, 1.165) is 0 Å². The molecule has 0 radical (unpaired) electrons. The van der Waals surface area contributed by atoms with E-state index in [0.29, 0.717) is 5.69 Å². The normalized spacial score (nSPS) is 10.4. The predicted octanol–water partition coefficient (Wildman–Crippen LogP) is 3.95. The van der Waals surface area contributed by atoms with Crippen molar-refractivity contribution in [2.75, 3.05) is 5.73 Å². The van der Waals surface area contributed by atoms with Crippen molar-refractivity contribution in [1.29, 1.82) is 0 Å². The van der Waals surface area contributed by atoms with Crippen molar-refractivity contribution in [2.24, 2.45) is 0 Å². The van der Waals surface area contributed by atoms with Gasteiger partial charge in [0.2, 0.25) is 0 Å². The van der Waals surface area contributed by atoms with E-state index in [1.165, 1.54) is 36.4 Å². The fourth-order valence-corrected chi connectivity index (χ4v) is 2.09. The summed E-state index contributed by atoms with van der Waals surface area (Å²) in [5, 5.41) is 0.215.